The van der Waals surface area contributed by atoms with Crippen LogP contribution in [0.3, 0.4) is 0 Å². The molecule has 0 atom stereocenters. The van der Waals surface area contributed by atoms with E-state index in [2.05, 4.69) is 20.7 Å². The molecule has 0 aromatic carbocycles. The fourth-order valence-corrected chi connectivity index (χ4v) is 1.91. The predicted octanol–water partition coefficient (Wildman–Crippen LogP) is 0.397. The van der Waals surface area contributed by atoms with E-state index in [1.54, 1.807) is 18.4 Å². The largest absolute Gasteiger partial charge is 0.385 e. The maximum atomic E-state index is 5.37. The van der Waals surface area contributed by atoms with Gasteiger partial charge in [-0.15, -0.1) is 11.3 Å². The summed E-state index contributed by atoms with van der Waals surface area (Å²) in [6, 6.07) is 0. The van der Waals surface area contributed by atoms with E-state index in [-0.39, 0.29) is 0 Å². The lowest BCUT2D eigenvalue weighted by atomic mass is 10.4. The third-order valence-corrected chi connectivity index (χ3v) is 2.89. The highest BCUT2D eigenvalue weighted by atomic mass is 32.1. The Balaban J connectivity index is 2.33. The molecule has 0 saturated heterocycles. The Morgan fingerprint density at radius 1 is 1.65 bits per heavy atom. The van der Waals surface area contributed by atoms with Gasteiger partial charge in [-0.25, -0.2) is 15.8 Å². The fourth-order valence-electron chi connectivity index (χ4n) is 1.20. The second-order valence-corrected chi connectivity index (χ2v) is 4.77. The number of rotatable bonds is 6. The Bertz CT molecular complexity index is 352. The number of thiazole rings is 1. The van der Waals surface area contributed by atoms with Crippen LogP contribution in [0.25, 0.3) is 0 Å². The van der Waals surface area contributed by atoms with Crippen LogP contribution >= 0.6 is 11.3 Å². The Morgan fingerprint density at radius 2 is 2.47 bits per heavy atom. The first kappa shape index (κ1) is 13.9. The van der Waals surface area contributed by atoms with Crippen molar-refractivity contribution in [3.63, 3.8) is 0 Å². The first-order valence-corrected chi connectivity index (χ1v) is 6.23. The molecule has 96 valence electrons. The molecule has 0 aliphatic rings. The molecule has 1 heterocycles. The summed E-state index contributed by atoms with van der Waals surface area (Å²) >= 11 is 1.64. The summed E-state index contributed by atoms with van der Waals surface area (Å²) in [5, 5.41) is 4.07. The van der Waals surface area contributed by atoms with E-state index in [0.717, 1.165) is 24.6 Å². The van der Waals surface area contributed by atoms with Crippen LogP contribution in [0.5, 0.6) is 0 Å². The number of aliphatic imine (C=N–C) groups is 1. The normalized spacial score (nSPS) is 11.6. The third-order valence-electron chi connectivity index (χ3n) is 2.00. The molecule has 0 spiro atoms. The van der Waals surface area contributed by atoms with Crippen LogP contribution in [0.1, 0.15) is 16.3 Å². The number of nitrogens with two attached hydrogens (primary N) is 1. The van der Waals surface area contributed by atoms with E-state index >= 15 is 0 Å². The smallest absolute Gasteiger partial charge is 0.206 e. The van der Waals surface area contributed by atoms with Crippen molar-refractivity contribution in [2.75, 3.05) is 20.3 Å². The molecule has 0 bridgehead atoms. The zero-order valence-corrected chi connectivity index (χ0v) is 11.0. The van der Waals surface area contributed by atoms with Crippen molar-refractivity contribution in [2.24, 2.45) is 10.8 Å². The molecule has 7 heteroatoms. The quantitative estimate of drug-likeness (QED) is 0.226. The topological polar surface area (TPSA) is 84.6 Å². The van der Waals surface area contributed by atoms with Gasteiger partial charge in [-0.3, -0.25) is 5.43 Å². The van der Waals surface area contributed by atoms with E-state index in [1.807, 2.05) is 13.1 Å². The Kier molecular flexibility index (Phi) is 6.53. The van der Waals surface area contributed by atoms with E-state index in [9.17, 15) is 0 Å². The van der Waals surface area contributed by atoms with Crippen LogP contribution in [0.4, 0.5) is 0 Å². The lowest BCUT2D eigenvalue weighted by molar-refractivity contribution is 0.195. The molecule has 6 nitrogen and oxygen atoms in total. The number of guanidine groups is 1. The van der Waals surface area contributed by atoms with Gasteiger partial charge >= 0.3 is 0 Å². The van der Waals surface area contributed by atoms with E-state index in [4.69, 9.17) is 10.6 Å². The van der Waals surface area contributed by atoms with Crippen LogP contribution in [-0.4, -0.2) is 31.2 Å². The molecule has 1 rings (SSSR count). The molecule has 0 aliphatic carbocycles. The molecule has 1 aromatic heterocycles. The van der Waals surface area contributed by atoms with Crippen molar-refractivity contribution in [1.82, 2.24) is 15.7 Å². The van der Waals surface area contributed by atoms with Crippen LogP contribution in [0.2, 0.25) is 0 Å². The van der Waals surface area contributed by atoms with Crippen molar-refractivity contribution in [2.45, 2.75) is 19.9 Å². The molecule has 1 aromatic rings. The standard InChI is InChI=1S/C10H19N5OS/c1-8-6-13-9(17-8)7-14-10(15-11)12-4-3-5-16-2/h6H,3-5,7,11H2,1-2H3,(H2,12,14,15). The molecule has 4 N–H and O–H groups in total. The average molecular weight is 257 g/mol. The summed E-state index contributed by atoms with van der Waals surface area (Å²) in [6.45, 7) is 4.05. The highest BCUT2D eigenvalue weighted by Crippen LogP contribution is 2.11. The number of nitrogens with one attached hydrogen (secondary N) is 2. The van der Waals surface area contributed by atoms with Gasteiger partial charge in [-0.1, -0.05) is 0 Å². The number of ether oxygens (including phenoxy) is 1. The molecule has 0 saturated carbocycles. The highest BCUT2D eigenvalue weighted by Gasteiger charge is 1.99. The number of aryl methyl sites for hydroxylation is 1. The van der Waals surface area contributed by atoms with E-state index in [0.29, 0.717) is 12.5 Å². The number of hydrazine groups is 1. The van der Waals surface area contributed by atoms with Gasteiger partial charge in [0.05, 0.1) is 6.54 Å². The maximum absolute atomic E-state index is 5.37. The number of hydrogen-bond donors (Lipinski definition) is 3. The number of methoxy groups -OCH3 is 1. The number of hydrogen-bond acceptors (Lipinski definition) is 5. The second-order valence-electron chi connectivity index (χ2n) is 3.45. The summed E-state index contributed by atoms with van der Waals surface area (Å²) in [6.07, 6.45) is 2.75. The minimum atomic E-state index is 0.537. The summed E-state index contributed by atoms with van der Waals surface area (Å²) in [5.74, 6) is 5.94. The predicted molar refractivity (Wildman–Crippen MR) is 69.8 cm³/mol. The lowest BCUT2D eigenvalue weighted by Gasteiger charge is -2.08. The van der Waals surface area contributed by atoms with Crippen molar-refractivity contribution in [3.8, 4) is 0 Å². The molecule has 0 aliphatic heterocycles. The number of aromatic nitrogens is 1. The molecule has 0 radical (unpaired) electrons. The summed E-state index contributed by atoms with van der Waals surface area (Å²) < 4.78 is 4.95. The lowest BCUT2D eigenvalue weighted by Crippen LogP contribution is -2.42. The minimum absolute atomic E-state index is 0.537. The van der Waals surface area contributed by atoms with Crippen molar-refractivity contribution in [3.05, 3.63) is 16.1 Å². The van der Waals surface area contributed by atoms with Gasteiger partial charge in [0.15, 0.2) is 0 Å². The van der Waals surface area contributed by atoms with Crippen molar-refractivity contribution in [1.29, 1.82) is 0 Å². The van der Waals surface area contributed by atoms with Crippen LogP contribution in [-0.2, 0) is 11.3 Å². The molecule has 17 heavy (non-hydrogen) atoms. The maximum Gasteiger partial charge on any atom is 0.206 e. The summed E-state index contributed by atoms with van der Waals surface area (Å²) in [4.78, 5) is 9.71. The minimum Gasteiger partial charge on any atom is -0.385 e. The highest BCUT2D eigenvalue weighted by molar-refractivity contribution is 7.11. The van der Waals surface area contributed by atoms with Gasteiger partial charge in [0.1, 0.15) is 5.01 Å². The fraction of sp³-hybridized carbons (Fsp3) is 0.600. The second kappa shape index (κ2) is 7.99. The van der Waals surface area contributed by atoms with Crippen molar-refractivity contribution < 1.29 is 4.74 Å². The van der Waals surface area contributed by atoms with Gasteiger partial charge < -0.3 is 10.1 Å². The SMILES string of the molecule is COCCCNC(=NCc1ncc(C)s1)NN. The zero-order chi connectivity index (χ0) is 12.5. The molecular weight excluding hydrogens is 238 g/mol. The third kappa shape index (κ3) is 5.62. The summed E-state index contributed by atoms with van der Waals surface area (Å²) in [7, 11) is 1.68. The molecule has 0 fully saturated rings. The molecule has 0 amide bonds. The monoisotopic (exact) mass is 257 g/mol. The van der Waals surface area contributed by atoms with Crippen molar-refractivity contribution >= 4 is 17.3 Å². The van der Waals surface area contributed by atoms with Crippen LogP contribution < -0.4 is 16.6 Å². The first-order chi connectivity index (χ1) is 8.26. The first-order valence-electron chi connectivity index (χ1n) is 5.41. The Morgan fingerprint density at radius 3 is 3.06 bits per heavy atom. The molecule has 0 unspecified atom stereocenters. The zero-order valence-electron chi connectivity index (χ0n) is 10.2. The Hall–Kier alpha value is -1.18. The van der Waals surface area contributed by atoms with Gasteiger partial charge in [0.2, 0.25) is 5.96 Å². The Labute approximate surface area is 105 Å². The van der Waals surface area contributed by atoms with E-state index in [1.165, 1.54) is 4.88 Å². The number of nitrogens with zero attached hydrogens (tertiary/aromatic N) is 2. The van der Waals surface area contributed by atoms with Gasteiger partial charge in [-0.05, 0) is 13.3 Å². The van der Waals surface area contributed by atoms with Gasteiger partial charge in [0.25, 0.3) is 0 Å². The summed E-state index contributed by atoms with van der Waals surface area (Å²) in [5.41, 5.74) is 2.53. The van der Waals surface area contributed by atoms with Crippen LogP contribution in [0, 0.1) is 6.92 Å². The van der Waals surface area contributed by atoms with Gasteiger partial charge in [0, 0.05) is 31.3 Å². The average Bonchev–Trinajstić information content (AvgIpc) is 2.74. The van der Waals surface area contributed by atoms with E-state index < -0.39 is 0 Å². The van der Waals surface area contributed by atoms with Crippen LogP contribution in [0.15, 0.2) is 11.2 Å². The molecular formula is C10H19N5OS. The van der Waals surface area contributed by atoms with Gasteiger partial charge in [-0.2, -0.15) is 0 Å².